The van der Waals surface area contributed by atoms with Crippen LogP contribution in [0.1, 0.15) is 12.0 Å². The van der Waals surface area contributed by atoms with Crippen molar-refractivity contribution >= 4 is 39.1 Å². The van der Waals surface area contributed by atoms with Gasteiger partial charge in [-0.25, -0.2) is 8.42 Å². The van der Waals surface area contributed by atoms with Crippen molar-refractivity contribution in [1.29, 1.82) is 0 Å². The molecule has 1 aliphatic rings. The number of sulfone groups is 1. The van der Waals surface area contributed by atoms with Gasteiger partial charge >= 0.3 is 0 Å². The van der Waals surface area contributed by atoms with Crippen LogP contribution >= 0.6 is 23.4 Å². The third-order valence-corrected chi connectivity index (χ3v) is 8.52. The summed E-state index contributed by atoms with van der Waals surface area (Å²) in [6, 6.07) is 17.1. The molecule has 0 saturated carbocycles. The number of thioether (sulfide) groups is 1. The van der Waals surface area contributed by atoms with Gasteiger partial charge in [-0.1, -0.05) is 65.8 Å². The van der Waals surface area contributed by atoms with Crippen LogP contribution in [0.2, 0.25) is 5.02 Å². The van der Waals surface area contributed by atoms with E-state index in [0.717, 1.165) is 11.1 Å². The Morgan fingerprint density at radius 2 is 1.88 bits per heavy atom. The number of amides is 1. The van der Waals surface area contributed by atoms with Gasteiger partial charge in [0.15, 0.2) is 20.8 Å². The minimum Gasteiger partial charge on any atom is -0.341 e. The van der Waals surface area contributed by atoms with E-state index >= 15 is 0 Å². The Kier molecular flexibility index (Phi) is 6.88. The average molecular weight is 491 g/mol. The van der Waals surface area contributed by atoms with Crippen molar-refractivity contribution in [2.75, 3.05) is 24.3 Å². The summed E-state index contributed by atoms with van der Waals surface area (Å²) < 4.78 is 25.5. The first-order valence-corrected chi connectivity index (χ1v) is 13.3. The van der Waals surface area contributed by atoms with Gasteiger partial charge in [-0.15, -0.1) is 10.2 Å². The van der Waals surface area contributed by atoms with Crippen LogP contribution in [0.15, 0.2) is 59.8 Å². The van der Waals surface area contributed by atoms with E-state index in [1.54, 1.807) is 18.0 Å². The Morgan fingerprint density at radius 1 is 1.16 bits per heavy atom. The summed E-state index contributed by atoms with van der Waals surface area (Å²) in [7, 11) is -1.39. The largest absolute Gasteiger partial charge is 0.341 e. The van der Waals surface area contributed by atoms with Crippen LogP contribution in [0.3, 0.4) is 0 Å². The number of halogens is 1. The summed E-state index contributed by atoms with van der Waals surface area (Å²) in [5, 5.41) is 9.87. The minimum absolute atomic E-state index is 0.0285. The van der Waals surface area contributed by atoms with Gasteiger partial charge in [-0.3, -0.25) is 9.36 Å². The van der Waals surface area contributed by atoms with E-state index in [-0.39, 0.29) is 29.2 Å². The van der Waals surface area contributed by atoms with Crippen LogP contribution in [0.25, 0.3) is 11.4 Å². The third-order valence-electron chi connectivity index (χ3n) is 5.49. The predicted molar refractivity (Wildman–Crippen MR) is 127 cm³/mol. The van der Waals surface area contributed by atoms with E-state index in [9.17, 15) is 13.2 Å². The Hall–Kier alpha value is -2.36. The molecule has 0 N–H and O–H groups in total. The van der Waals surface area contributed by atoms with Crippen LogP contribution in [0, 0.1) is 0 Å². The second-order valence-electron chi connectivity index (χ2n) is 7.71. The highest BCUT2D eigenvalue weighted by Crippen LogP contribution is 2.30. The maximum atomic E-state index is 12.7. The summed E-state index contributed by atoms with van der Waals surface area (Å²) in [5.41, 5.74) is 1.84. The maximum Gasteiger partial charge on any atom is 0.233 e. The molecule has 1 amide bonds. The normalized spacial score (nSPS) is 17.4. The van der Waals surface area contributed by atoms with Crippen LogP contribution in [0.4, 0.5) is 0 Å². The monoisotopic (exact) mass is 490 g/mol. The molecule has 1 fully saturated rings. The Labute approximate surface area is 196 Å². The lowest BCUT2D eigenvalue weighted by atomic mass is 10.2. The Morgan fingerprint density at radius 3 is 2.56 bits per heavy atom. The second kappa shape index (κ2) is 9.64. The molecule has 0 aliphatic carbocycles. The van der Waals surface area contributed by atoms with Gasteiger partial charge < -0.3 is 4.90 Å². The van der Waals surface area contributed by atoms with Crippen LogP contribution < -0.4 is 0 Å². The summed E-state index contributed by atoms with van der Waals surface area (Å²) in [5.74, 6) is 0.799. The quantitative estimate of drug-likeness (QED) is 0.472. The minimum atomic E-state index is -3.05. The number of nitrogens with zero attached hydrogens (tertiary/aromatic N) is 4. The van der Waals surface area contributed by atoms with Crippen LogP contribution in [-0.4, -0.2) is 64.3 Å². The SMILES string of the molecule is CN(C(=O)CSc1nnc(-c2ccccc2Cl)n1Cc1ccccc1)[C@@H]1CCS(=O)(=O)C1. The molecule has 1 atom stereocenters. The van der Waals surface area contributed by atoms with Crippen molar-refractivity contribution in [3.63, 3.8) is 0 Å². The molecule has 1 aromatic heterocycles. The Balaban J connectivity index is 1.55. The number of carbonyl (C=O) groups is 1. The van der Waals surface area contributed by atoms with Crippen molar-refractivity contribution < 1.29 is 13.2 Å². The second-order valence-corrected chi connectivity index (χ2v) is 11.3. The fourth-order valence-corrected chi connectivity index (χ4v) is 6.51. The lowest BCUT2D eigenvalue weighted by Gasteiger charge is -2.23. The molecule has 2 aromatic carbocycles. The van der Waals surface area contributed by atoms with E-state index in [1.165, 1.54) is 11.8 Å². The van der Waals surface area contributed by atoms with Crippen molar-refractivity contribution in [2.45, 2.75) is 24.2 Å². The van der Waals surface area contributed by atoms with Gasteiger partial charge in [0.05, 0.1) is 28.8 Å². The molecular formula is C22H23ClN4O3S2. The zero-order valence-corrected chi connectivity index (χ0v) is 19.9. The smallest absolute Gasteiger partial charge is 0.233 e. The predicted octanol–water partition coefficient (Wildman–Crippen LogP) is 3.38. The molecule has 168 valence electrons. The zero-order valence-electron chi connectivity index (χ0n) is 17.5. The molecule has 0 spiro atoms. The molecule has 0 bridgehead atoms. The van der Waals surface area contributed by atoms with Gasteiger partial charge in [0.1, 0.15) is 0 Å². The van der Waals surface area contributed by atoms with Crippen molar-refractivity contribution in [3.8, 4) is 11.4 Å². The molecule has 2 heterocycles. The average Bonchev–Trinajstić information content (AvgIpc) is 3.35. The highest BCUT2D eigenvalue weighted by atomic mass is 35.5. The highest BCUT2D eigenvalue weighted by molar-refractivity contribution is 7.99. The molecule has 0 unspecified atom stereocenters. The fraction of sp³-hybridized carbons (Fsp3) is 0.318. The molecule has 7 nitrogen and oxygen atoms in total. The van der Waals surface area contributed by atoms with E-state index in [1.807, 2.05) is 53.1 Å². The van der Waals surface area contributed by atoms with Gasteiger partial charge in [0, 0.05) is 18.7 Å². The maximum absolute atomic E-state index is 12.7. The number of carbonyl (C=O) groups excluding carboxylic acids is 1. The number of benzene rings is 2. The first-order valence-electron chi connectivity index (χ1n) is 10.1. The Bertz CT molecular complexity index is 1210. The van der Waals surface area contributed by atoms with E-state index in [2.05, 4.69) is 10.2 Å². The van der Waals surface area contributed by atoms with Gasteiger partial charge in [-0.05, 0) is 24.1 Å². The van der Waals surface area contributed by atoms with Crippen molar-refractivity contribution in [1.82, 2.24) is 19.7 Å². The first-order chi connectivity index (χ1) is 15.3. The summed E-state index contributed by atoms with van der Waals surface area (Å²) in [6.45, 7) is 0.529. The third kappa shape index (κ3) is 5.16. The zero-order chi connectivity index (χ0) is 22.7. The number of aromatic nitrogens is 3. The van der Waals surface area contributed by atoms with Gasteiger partial charge in [-0.2, -0.15) is 0 Å². The van der Waals surface area contributed by atoms with E-state index in [0.29, 0.717) is 29.0 Å². The molecule has 1 saturated heterocycles. The molecule has 1 aliphatic heterocycles. The number of rotatable bonds is 7. The standard InChI is InChI=1S/C22H23ClN4O3S2/c1-26(17-11-12-32(29,30)15-17)20(28)14-31-22-25-24-21(18-9-5-6-10-19(18)23)27(22)13-16-7-3-2-4-8-16/h2-10,17H,11-15H2,1H3/t17-/m1/s1. The molecular weight excluding hydrogens is 468 g/mol. The van der Waals surface area contributed by atoms with Crippen molar-refractivity contribution in [2.24, 2.45) is 0 Å². The molecule has 10 heteroatoms. The summed E-state index contributed by atoms with van der Waals surface area (Å²) >= 11 is 7.70. The first kappa shape index (κ1) is 22.8. The van der Waals surface area contributed by atoms with Gasteiger partial charge in [0.2, 0.25) is 5.91 Å². The lowest BCUT2D eigenvalue weighted by molar-refractivity contribution is -0.128. The fourth-order valence-electron chi connectivity index (χ4n) is 3.66. The summed E-state index contributed by atoms with van der Waals surface area (Å²) in [6.07, 6.45) is 0.482. The molecule has 3 aromatic rings. The van der Waals surface area contributed by atoms with E-state index < -0.39 is 9.84 Å². The van der Waals surface area contributed by atoms with Gasteiger partial charge in [0.25, 0.3) is 0 Å². The summed E-state index contributed by atoms with van der Waals surface area (Å²) in [4.78, 5) is 14.3. The van der Waals surface area contributed by atoms with Crippen LogP contribution in [-0.2, 0) is 21.2 Å². The van der Waals surface area contributed by atoms with E-state index in [4.69, 9.17) is 11.6 Å². The highest BCUT2D eigenvalue weighted by Gasteiger charge is 2.32. The number of hydrogen-bond donors (Lipinski definition) is 0. The molecule has 0 radical (unpaired) electrons. The van der Waals surface area contributed by atoms with Crippen LogP contribution in [0.5, 0.6) is 0 Å². The molecule has 4 rings (SSSR count). The topological polar surface area (TPSA) is 85.2 Å². The molecule has 32 heavy (non-hydrogen) atoms. The number of hydrogen-bond acceptors (Lipinski definition) is 6. The van der Waals surface area contributed by atoms with Crippen molar-refractivity contribution in [3.05, 3.63) is 65.2 Å². The lowest BCUT2D eigenvalue weighted by Crippen LogP contribution is -2.38.